The van der Waals surface area contributed by atoms with E-state index in [-0.39, 0.29) is 17.9 Å². The number of rotatable bonds is 11. The molecule has 1 rings (SSSR count). The summed E-state index contributed by atoms with van der Waals surface area (Å²) < 4.78 is 6.60. The van der Waals surface area contributed by atoms with Crippen molar-refractivity contribution in [3.63, 3.8) is 0 Å². The highest BCUT2D eigenvalue weighted by molar-refractivity contribution is 5.66. The number of hydrogen-bond donors (Lipinski definition) is 1. The fourth-order valence-corrected chi connectivity index (χ4v) is 2.14. The quantitative estimate of drug-likeness (QED) is 0.637. The van der Waals surface area contributed by atoms with Gasteiger partial charge in [-0.3, -0.25) is 9.59 Å². The van der Waals surface area contributed by atoms with Crippen LogP contribution in [0.3, 0.4) is 0 Å². The van der Waals surface area contributed by atoms with E-state index in [0.717, 1.165) is 17.4 Å². The van der Waals surface area contributed by atoms with E-state index < -0.39 is 5.97 Å². The van der Waals surface area contributed by atoms with E-state index >= 15 is 0 Å². The minimum atomic E-state index is -1.04. The number of aromatic nitrogens is 1. The molecule has 21 heavy (non-hydrogen) atoms. The number of aliphatic carboxylic acids is 1. The van der Waals surface area contributed by atoms with Gasteiger partial charge in [-0.1, -0.05) is 45.4 Å². The molecule has 0 bridgehead atoms. The van der Waals surface area contributed by atoms with E-state index in [1.807, 2.05) is 0 Å². The second-order valence-electron chi connectivity index (χ2n) is 5.17. The predicted octanol–water partition coefficient (Wildman–Crippen LogP) is 3.06. The molecule has 1 heterocycles. The van der Waals surface area contributed by atoms with E-state index in [4.69, 9.17) is 9.84 Å². The molecular formula is C16H25NO4. The lowest BCUT2D eigenvalue weighted by Gasteiger charge is -2.08. The van der Waals surface area contributed by atoms with Crippen LogP contribution in [-0.4, -0.2) is 22.2 Å². The molecule has 0 aliphatic carbocycles. The molecule has 0 spiro atoms. The van der Waals surface area contributed by atoms with Crippen LogP contribution in [0.15, 0.2) is 23.1 Å². The molecule has 0 saturated heterocycles. The van der Waals surface area contributed by atoms with Gasteiger partial charge in [0.2, 0.25) is 0 Å². The molecule has 0 aliphatic heterocycles. The standard InChI is InChI=1S/C16H25NO4/c1-2-3-4-5-6-7-8-12-21-14-10-9-11-17(16(14)20)13-15(18)19/h9-11H,2-8,12-13H2,1H3,(H,18,19). The van der Waals surface area contributed by atoms with Crippen LogP contribution in [0.4, 0.5) is 0 Å². The zero-order chi connectivity index (χ0) is 15.5. The van der Waals surface area contributed by atoms with Crippen molar-refractivity contribution in [2.75, 3.05) is 6.61 Å². The van der Waals surface area contributed by atoms with Crippen LogP contribution in [0.5, 0.6) is 5.75 Å². The number of unbranched alkanes of at least 4 members (excludes halogenated alkanes) is 6. The van der Waals surface area contributed by atoms with Crippen molar-refractivity contribution < 1.29 is 14.6 Å². The van der Waals surface area contributed by atoms with Gasteiger partial charge in [0.05, 0.1) is 6.61 Å². The lowest BCUT2D eigenvalue weighted by molar-refractivity contribution is -0.137. The van der Waals surface area contributed by atoms with E-state index in [0.29, 0.717) is 6.61 Å². The van der Waals surface area contributed by atoms with Crippen LogP contribution in [0, 0.1) is 0 Å². The Kier molecular flexibility index (Phi) is 8.24. The van der Waals surface area contributed by atoms with E-state index in [1.54, 1.807) is 12.1 Å². The first kappa shape index (κ1) is 17.3. The van der Waals surface area contributed by atoms with Crippen molar-refractivity contribution in [2.24, 2.45) is 0 Å². The first-order chi connectivity index (χ1) is 10.1. The Morgan fingerprint density at radius 2 is 1.86 bits per heavy atom. The van der Waals surface area contributed by atoms with Crippen molar-refractivity contribution >= 4 is 5.97 Å². The first-order valence-electron chi connectivity index (χ1n) is 7.69. The topological polar surface area (TPSA) is 68.5 Å². The van der Waals surface area contributed by atoms with Crippen LogP contribution in [0.2, 0.25) is 0 Å². The van der Waals surface area contributed by atoms with Crippen molar-refractivity contribution in [3.05, 3.63) is 28.7 Å². The number of hydrogen-bond acceptors (Lipinski definition) is 3. The third kappa shape index (κ3) is 6.97. The average molecular weight is 295 g/mol. The minimum absolute atomic E-state index is 0.227. The van der Waals surface area contributed by atoms with Crippen molar-refractivity contribution in [1.82, 2.24) is 4.57 Å². The van der Waals surface area contributed by atoms with E-state index in [9.17, 15) is 9.59 Å². The molecule has 0 atom stereocenters. The average Bonchev–Trinajstić information content (AvgIpc) is 2.45. The largest absolute Gasteiger partial charge is 0.488 e. The number of carboxylic acid groups (broad SMARTS) is 1. The molecule has 0 unspecified atom stereocenters. The second kappa shape index (κ2) is 10.0. The molecule has 0 aromatic carbocycles. The van der Waals surface area contributed by atoms with Gasteiger partial charge in [0.1, 0.15) is 6.54 Å². The maximum Gasteiger partial charge on any atom is 0.323 e. The van der Waals surface area contributed by atoms with Gasteiger partial charge in [-0.05, 0) is 18.6 Å². The SMILES string of the molecule is CCCCCCCCCOc1cccn(CC(=O)O)c1=O. The molecule has 0 radical (unpaired) electrons. The van der Waals surface area contributed by atoms with Gasteiger partial charge in [0.15, 0.2) is 5.75 Å². The summed E-state index contributed by atoms with van der Waals surface area (Å²) in [5.74, 6) is -0.814. The highest BCUT2D eigenvalue weighted by atomic mass is 16.5. The summed E-state index contributed by atoms with van der Waals surface area (Å²) in [6.45, 7) is 2.36. The Hall–Kier alpha value is -1.78. The van der Waals surface area contributed by atoms with Gasteiger partial charge >= 0.3 is 5.97 Å². The lowest BCUT2D eigenvalue weighted by Crippen LogP contribution is -2.24. The summed E-state index contributed by atoms with van der Waals surface area (Å²) in [5.41, 5.74) is -0.386. The molecule has 0 aliphatic rings. The first-order valence-corrected chi connectivity index (χ1v) is 7.69. The van der Waals surface area contributed by atoms with Crippen LogP contribution in [0.1, 0.15) is 51.9 Å². The summed E-state index contributed by atoms with van der Waals surface area (Å²) in [5, 5.41) is 8.72. The minimum Gasteiger partial charge on any atom is -0.488 e. The smallest absolute Gasteiger partial charge is 0.323 e. The molecule has 118 valence electrons. The zero-order valence-corrected chi connectivity index (χ0v) is 12.7. The Bertz CT molecular complexity index is 481. The Morgan fingerprint density at radius 3 is 2.52 bits per heavy atom. The maximum atomic E-state index is 11.9. The van der Waals surface area contributed by atoms with Gasteiger partial charge in [-0.2, -0.15) is 0 Å². The Labute approximate surface area is 125 Å². The van der Waals surface area contributed by atoms with E-state index in [1.165, 1.54) is 38.3 Å². The molecule has 1 N–H and O–H groups in total. The van der Waals surface area contributed by atoms with Crippen molar-refractivity contribution in [3.8, 4) is 5.75 Å². The highest BCUT2D eigenvalue weighted by Crippen LogP contribution is 2.08. The van der Waals surface area contributed by atoms with Crippen LogP contribution < -0.4 is 10.3 Å². The number of nitrogens with zero attached hydrogens (tertiary/aromatic N) is 1. The monoisotopic (exact) mass is 295 g/mol. The van der Waals surface area contributed by atoms with Gasteiger partial charge in [0, 0.05) is 6.20 Å². The fourth-order valence-electron chi connectivity index (χ4n) is 2.14. The summed E-state index contributed by atoms with van der Waals surface area (Å²) in [7, 11) is 0. The van der Waals surface area contributed by atoms with Gasteiger partial charge in [-0.15, -0.1) is 0 Å². The molecule has 0 fully saturated rings. The molecule has 1 aromatic heterocycles. The number of pyridine rings is 1. The summed E-state index contributed by atoms with van der Waals surface area (Å²) >= 11 is 0. The van der Waals surface area contributed by atoms with Gasteiger partial charge < -0.3 is 14.4 Å². The number of ether oxygens (including phenoxy) is 1. The van der Waals surface area contributed by atoms with Crippen LogP contribution in [-0.2, 0) is 11.3 Å². The van der Waals surface area contributed by atoms with Crippen molar-refractivity contribution in [1.29, 1.82) is 0 Å². The van der Waals surface area contributed by atoms with Crippen LogP contribution >= 0.6 is 0 Å². The summed E-state index contributed by atoms with van der Waals surface area (Å²) in [6.07, 6.45) is 9.75. The second-order valence-corrected chi connectivity index (χ2v) is 5.17. The fraction of sp³-hybridized carbons (Fsp3) is 0.625. The number of carbonyl (C=O) groups is 1. The molecule has 0 saturated carbocycles. The lowest BCUT2D eigenvalue weighted by atomic mass is 10.1. The van der Waals surface area contributed by atoms with Gasteiger partial charge in [0.25, 0.3) is 5.56 Å². The normalized spacial score (nSPS) is 10.5. The molecule has 5 heteroatoms. The third-order valence-corrected chi connectivity index (χ3v) is 3.30. The van der Waals surface area contributed by atoms with Crippen molar-refractivity contribution in [2.45, 2.75) is 58.4 Å². The summed E-state index contributed by atoms with van der Waals surface area (Å²) in [6, 6.07) is 3.21. The predicted molar refractivity (Wildman–Crippen MR) is 81.8 cm³/mol. The van der Waals surface area contributed by atoms with E-state index in [2.05, 4.69) is 6.92 Å². The van der Waals surface area contributed by atoms with Crippen LogP contribution in [0.25, 0.3) is 0 Å². The number of carboxylic acids is 1. The Balaban J connectivity index is 2.29. The zero-order valence-electron chi connectivity index (χ0n) is 12.7. The molecule has 1 aromatic rings. The summed E-state index contributed by atoms with van der Waals surface area (Å²) in [4.78, 5) is 22.6. The maximum absolute atomic E-state index is 11.9. The van der Waals surface area contributed by atoms with Gasteiger partial charge in [-0.25, -0.2) is 0 Å². The highest BCUT2D eigenvalue weighted by Gasteiger charge is 2.06. The third-order valence-electron chi connectivity index (χ3n) is 3.30. The molecule has 0 amide bonds. The Morgan fingerprint density at radius 1 is 1.19 bits per heavy atom. The molecular weight excluding hydrogens is 270 g/mol. The molecule has 5 nitrogen and oxygen atoms in total.